The lowest BCUT2D eigenvalue weighted by Crippen LogP contribution is -2.12. The van der Waals surface area contributed by atoms with E-state index < -0.39 is 10.1 Å². The molecule has 0 unspecified atom stereocenters. The van der Waals surface area contributed by atoms with Gasteiger partial charge in [-0.15, -0.1) is 0 Å². The number of para-hydroxylation sites is 1. The number of benzene rings is 3. The van der Waals surface area contributed by atoms with Crippen molar-refractivity contribution in [3.8, 4) is 5.75 Å². The Morgan fingerprint density at radius 1 is 0.852 bits per heavy atom. The lowest BCUT2D eigenvalue weighted by molar-refractivity contribution is 0.104. The highest BCUT2D eigenvalue weighted by Gasteiger charge is 2.20. The second-order valence-corrected chi connectivity index (χ2v) is 7.50. The van der Waals surface area contributed by atoms with Gasteiger partial charge in [0, 0.05) is 0 Å². The fraction of sp³-hybridized carbons (Fsp3) is 0.0455. The van der Waals surface area contributed by atoms with Gasteiger partial charge in [-0.3, -0.25) is 4.79 Å². The van der Waals surface area contributed by atoms with Gasteiger partial charge >= 0.3 is 10.1 Å². The summed E-state index contributed by atoms with van der Waals surface area (Å²) in [5.41, 5.74) is 1.99. The highest BCUT2D eigenvalue weighted by atomic mass is 32.2. The van der Waals surface area contributed by atoms with E-state index in [1.54, 1.807) is 30.3 Å². The molecule has 0 N–H and O–H groups in total. The topological polar surface area (TPSA) is 60.4 Å². The summed E-state index contributed by atoms with van der Waals surface area (Å²) in [6.07, 6.45) is 3.07. The highest BCUT2D eigenvalue weighted by molar-refractivity contribution is 7.87. The molecule has 0 saturated carbocycles. The standard InChI is InChI=1S/C22H18O4S/c1-17-11-14-19(15-12-17)27(24,25)26-22-10-6-5-9-20(22)21(23)16-13-18-7-3-2-4-8-18/h2-16H,1H3/b16-13-. The first-order valence-corrected chi connectivity index (χ1v) is 9.74. The van der Waals surface area contributed by atoms with Crippen LogP contribution < -0.4 is 4.18 Å². The Labute approximate surface area is 158 Å². The van der Waals surface area contributed by atoms with Crippen LogP contribution in [0.25, 0.3) is 6.08 Å². The van der Waals surface area contributed by atoms with Gasteiger partial charge in [0.15, 0.2) is 11.5 Å². The summed E-state index contributed by atoms with van der Waals surface area (Å²) in [6, 6.07) is 22.0. The molecular formula is C22H18O4S. The zero-order chi connectivity index (χ0) is 19.3. The van der Waals surface area contributed by atoms with Gasteiger partial charge in [0.1, 0.15) is 4.90 Å². The minimum absolute atomic E-state index is 0.000728. The van der Waals surface area contributed by atoms with E-state index in [0.717, 1.165) is 11.1 Å². The lowest BCUT2D eigenvalue weighted by Gasteiger charge is -2.10. The first kappa shape index (κ1) is 18.6. The largest absolute Gasteiger partial charge is 0.378 e. The lowest BCUT2D eigenvalue weighted by atomic mass is 10.1. The summed E-state index contributed by atoms with van der Waals surface area (Å²) in [5.74, 6) is -0.339. The van der Waals surface area contributed by atoms with Crippen LogP contribution in [0, 0.1) is 6.92 Å². The normalized spacial score (nSPS) is 11.4. The molecule has 0 saturated heterocycles. The van der Waals surface area contributed by atoms with Gasteiger partial charge in [-0.1, -0.05) is 66.2 Å². The Bertz CT molecular complexity index is 1070. The maximum atomic E-state index is 12.5. The van der Waals surface area contributed by atoms with Gasteiger partial charge < -0.3 is 4.18 Å². The molecule has 0 aliphatic rings. The number of hydrogen-bond donors (Lipinski definition) is 0. The van der Waals surface area contributed by atoms with Crippen LogP contribution in [0.4, 0.5) is 0 Å². The van der Waals surface area contributed by atoms with Crippen molar-refractivity contribution in [1.82, 2.24) is 0 Å². The second-order valence-electron chi connectivity index (χ2n) is 5.95. The van der Waals surface area contributed by atoms with Gasteiger partial charge in [-0.25, -0.2) is 0 Å². The second kappa shape index (κ2) is 8.01. The van der Waals surface area contributed by atoms with Crippen LogP contribution in [-0.4, -0.2) is 14.2 Å². The summed E-state index contributed by atoms with van der Waals surface area (Å²) in [5, 5.41) is 0. The molecule has 3 rings (SSSR count). The van der Waals surface area contributed by atoms with E-state index in [1.165, 1.54) is 30.3 Å². The number of aryl methyl sites for hydroxylation is 1. The number of hydrogen-bond acceptors (Lipinski definition) is 4. The summed E-state index contributed by atoms with van der Waals surface area (Å²) >= 11 is 0. The Morgan fingerprint density at radius 2 is 1.48 bits per heavy atom. The third-order valence-corrected chi connectivity index (χ3v) is 5.14. The van der Waals surface area contributed by atoms with Crippen molar-refractivity contribution in [1.29, 1.82) is 0 Å². The van der Waals surface area contributed by atoms with Crippen molar-refractivity contribution >= 4 is 22.0 Å². The molecule has 0 amide bonds. The predicted molar refractivity (Wildman–Crippen MR) is 105 cm³/mol. The molecule has 4 nitrogen and oxygen atoms in total. The Kier molecular flexibility index (Phi) is 5.52. The Morgan fingerprint density at radius 3 is 2.19 bits per heavy atom. The molecule has 0 atom stereocenters. The maximum Gasteiger partial charge on any atom is 0.339 e. The monoisotopic (exact) mass is 378 g/mol. The summed E-state index contributed by atoms with van der Waals surface area (Å²) in [7, 11) is -4.03. The van der Waals surface area contributed by atoms with Gasteiger partial charge in [0.2, 0.25) is 0 Å². The number of allylic oxidation sites excluding steroid dienone is 1. The Balaban J connectivity index is 1.86. The minimum atomic E-state index is -4.03. The van der Waals surface area contributed by atoms with Crippen molar-refractivity contribution in [2.75, 3.05) is 0 Å². The van der Waals surface area contributed by atoms with E-state index in [0.29, 0.717) is 0 Å². The predicted octanol–water partition coefficient (Wildman–Crippen LogP) is 4.66. The van der Waals surface area contributed by atoms with Gasteiger partial charge in [0.05, 0.1) is 5.56 Å². The molecule has 5 heteroatoms. The van der Waals surface area contributed by atoms with Crippen LogP contribution in [0.2, 0.25) is 0 Å². The molecule has 0 heterocycles. The molecule has 0 bridgehead atoms. The van der Waals surface area contributed by atoms with Crippen molar-refractivity contribution in [2.24, 2.45) is 0 Å². The van der Waals surface area contributed by atoms with E-state index >= 15 is 0 Å². The van der Waals surface area contributed by atoms with E-state index in [4.69, 9.17) is 4.18 Å². The minimum Gasteiger partial charge on any atom is -0.378 e. The molecule has 3 aromatic carbocycles. The molecule has 136 valence electrons. The molecule has 0 aliphatic heterocycles. The molecule has 3 aromatic rings. The molecule has 27 heavy (non-hydrogen) atoms. The summed E-state index contributed by atoms with van der Waals surface area (Å²) < 4.78 is 30.3. The van der Waals surface area contributed by atoms with Crippen LogP contribution in [0.15, 0.2) is 89.8 Å². The first-order chi connectivity index (χ1) is 13.0. The third-order valence-electron chi connectivity index (χ3n) is 3.89. The van der Waals surface area contributed by atoms with Crippen LogP contribution in [0.5, 0.6) is 5.75 Å². The van der Waals surface area contributed by atoms with Gasteiger partial charge in [-0.2, -0.15) is 8.42 Å². The first-order valence-electron chi connectivity index (χ1n) is 8.33. The number of carbonyl (C=O) groups is 1. The average Bonchev–Trinajstić information content (AvgIpc) is 2.67. The SMILES string of the molecule is Cc1ccc(S(=O)(=O)Oc2ccccc2C(=O)/C=C\c2ccccc2)cc1. The summed E-state index contributed by atoms with van der Waals surface area (Å²) in [6.45, 7) is 1.87. The Hall–Kier alpha value is -3.18. The zero-order valence-corrected chi connectivity index (χ0v) is 15.5. The molecule has 0 radical (unpaired) electrons. The molecular weight excluding hydrogens is 360 g/mol. The third kappa shape index (κ3) is 4.71. The number of carbonyl (C=O) groups excluding carboxylic acids is 1. The maximum absolute atomic E-state index is 12.5. The smallest absolute Gasteiger partial charge is 0.339 e. The molecule has 0 spiro atoms. The highest BCUT2D eigenvalue weighted by Crippen LogP contribution is 2.24. The molecule has 0 aliphatic carbocycles. The van der Waals surface area contributed by atoms with Crippen LogP contribution in [-0.2, 0) is 10.1 Å². The van der Waals surface area contributed by atoms with E-state index in [2.05, 4.69) is 0 Å². The van der Waals surface area contributed by atoms with Crippen molar-refractivity contribution in [3.63, 3.8) is 0 Å². The fourth-order valence-electron chi connectivity index (χ4n) is 2.44. The summed E-state index contributed by atoms with van der Waals surface area (Å²) in [4.78, 5) is 12.6. The number of rotatable bonds is 6. The van der Waals surface area contributed by atoms with Crippen molar-refractivity contribution < 1.29 is 17.4 Å². The van der Waals surface area contributed by atoms with Crippen LogP contribution in [0.3, 0.4) is 0 Å². The fourth-order valence-corrected chi connectivity index (χ4v) is 3.39. The average molecular weight is 378 g/mol. The van der Waals surface area contributed by atoms with Crippen LogP contribution in [0.1, 0.15) is 21.5 Å². The van der Waals surface area contributed by atoms with E-state index in [-0.39, 0.29) is 22.0 Å². The quantitative estimate of drug-likeness (QED) is 0.356. The molecule has 0 fully saturated rings. The number of ketones is 1. The molecule has 0 aromatic heterocycles. The van der Waals surface area contributed by atoms with Gasteiger partial charge in [0.25, 0.3) is 0 Å². The van der Waals surface area contributed by atoms with Crippen molar-refractivity contribution in [3.05, 3.63) is 102 Å². The van der Waals surface area contributed by atoms with E-state index in [1.807, 2.05) is 37.3 Å². The van der Waals surface area contributed by atoms with Crippen LogP contribution >= 0.6 is 0 Å². The van der Waals surface area contributed by atoms with E-state index in [9.17, 15) is 13.2 Å². The zero-order valence-electron chi connectivity index (χ0n) is 14.7. The van der Waals surface area contributed by atoms with Crippen molar-refractivity contribution in [2.45, 2.75) is 11.8 Å². The van der Waals surface area contributed by atoms with Gasteiger partial charge in [-0.05, 0) is 42.8 Å².